The van der Waals surface area contributed by atoms with Crippen LogP contribution in [-0.4, -0.2) is 27.6 Å². The molecule has 5 heteroatoms. The van der Waals surface area contributed by atoms with Crippen LogP contribution in [0.2, 0.25) is 0 Å². The highest BCUT2D eigenvalue weighted by molar-refractivity contribution is 7.80. The van der Waals surface area contributed by atoms with Gasteiger partial charge in [-0.1, -0.05) is 42.8 Å². The Labute approximate surface area is 184 Å². The second-order valence-corrected chi connectivity index (χ2v) is 8.46. The molecule has 0 spiro atoms. The van der Waals surface area contributed by atoms with E-state index < -0.39 is 0 Å². The number of hydrogen-bond donors (Lipinski definition) is 2. The molecule has 0 radical (unpaired) electrons. The number of benzene rings is 2. The van der Waals surface area contributed by atoms with Gasteiger partial charge in [0.2, 0.25) is 0 Å². The Kier molecular flexibility index (Phi) is 7.27. The first-order valence-corrected chi connectivity index (χ1v) is 11.0. The Hall–Kier alpha value is -2.66. The average Bonchev–Trinajstić information content (AvgIpc) is 2.72. The van der Waals surface area contributed by atoms with Crippen molar-refractivity contribution in [2.24, 2.45) is 0 Å². The van der Waals surface area contributed by atoms with E-state index in [-0.39, 0.29) is 11.6 Å². The summed E-state index contributed by atoms with van der Waals surface area (Å²) in [6, 6.07) is 16.8. The van der Waals surface area contributed by atoms with Crippen molar-refractivity contribution in [1.82, 2.24) is 15.2 Å². The summed E-state index contributed by atoms with van der Waals surface area (Å²) in [4.78, 5) is 17.9. The lowest BCUT2D eigenvalue weighted by Gasteiger charge is -2.28. The number of rotatable bonds is 7. The minimum atomic E-state index is -0.0569. The molecule has 0 aliphatic rings. The molecule has 0 unspecified atom stereocenters. The molecule has 0 aliphatic heterocycles. The molecule has 0 aliphatic carbocycles. The van der Waals surface area contributed by atoms with Crippen molar-refractivity contribution >= 4 is 28.2 Å². The average molecular weight is 422 g/mol. The Balaban J connectivity index is 1.86. The summed E-state index contributed by atoms with van der Waals surface area (Å²) in [6.45, 7) is 9.67. The summed E-state index contributed by atoms with van der Waals surface area (Å²) in [5.74, 6) is 0. The first-order chi connectivity index (χ1) is 14.4. The van der Waals surface area contributed by atoms with Gasteiger partial charge in [0.25, 0.3) is 5.56 Å². The molecule has 158 valence electrons. The number of aromatic amines is 1. The molecule has 2 N–H and O–H groups in total. The maximum Gasteiger partial charge on any atom is 0.253 e. The van der Waals surface area contributed by atoms with Crippen LogP contribution in [0.4, 0.5) is 0 Å². The lowest BCUT2D eigenvalue weighted by molar-refractivity contribution is 0.400. The van der Waals surface area contributed by atoms with Gasteiger partial charge in [0, 0.05) is 23.7 Å². The molecule has 30 heavy (non-hydrogen) atoms. The van der Waals surface area contributed by atoms with Gasteiger partial charge in [-0.15, -0.1) is 0 Å². The van der Waals surface area contributed by atoms with Crippen molar-refractivity contribution in [3.8, 4) is 0 Å². The van der Waals surface area contributed by atoms with Gasteiger partial charge >= 0.3 is 0 Å². The van der Waals surface area contributed by atoms with Crippen LogP contribution in [0.25, 0.3) is 10.9 Å². The Morgan fingerprint density at radius 1 is 1.13 bits per heavy atom. The molecule has 3 aromatic rings. The number of aromatic nitrogens is 1. The molecule has 0 amide bonds. The Morgan fingerprint density at radius 3 is 2.63 bits per heavy atom. The van der Waals surface area contributed by atoms with Gasteiger partial charge in [0.1, 0.15) is 0 Å². The van der Waals surface area contributed by atoms with Crippen LogP contribution in [0.15, 0.2) is 53.3 Å². The number of nitrogens with zero attached hydrogens (tertiary/aromatic N) is 1. The van der Waals surface area contributed by atoms with E-state index in [2.05, 4.69) is 73.2 Å². The Bertz CT molecular complexity index is 1090. The summed E-state index contributed by atoms with van der Waals surface area (Å²) in [6.07, 6.45) is 1.86. The molecule has 1 atom stereocenters. The van der Waals surface area contributed by atoms with Crippen molar-refractivity contribution < 1.29 is 0 Å². The van der Waals surface area contributed by atoms with Crippen LogP contribution in [0, 0.1) is 13.8 Å². The minimum Gasteiger partial charge on any atom is -0.360 e. The fourth-order valence-corrected chi connectivity index (χ4v) is 3.85. The van der Waals surface area contributed by atoms with Crippen molar-refractivity contribution in [2.45, 2.75) is 53.1 Å². The largest absolute Gasteiger partial charge is 0.360 e. The normalized spacial score (nSPS) is 12.0. The fraction of sp³-hybridized carbons (Fsp3) is 0.360. The topological polar surface area (TPSA) is 48.1 Å². The molecule has 0 fully saturated rings. The van der Waals surface area contributed by atoms with Gasteiger partial charge in [-0.25, -0.2) is 0 Å². The smallest absolute Gasteiger partial charge is 0.253 e. The van der Waals surface area contributed by atoms with Crippen molar-refractivity contribution in [3.63, 3.8) is 0 Å². The molecule has 4 nitrogen and oxygen atoms in total. The van der Waals surface area contributed by atoms with Gasteiger partial charge in [0.05, 0.1) is 6.54 Å². The van der Waals surface area contributed by atoms with E-state index in [1.807, 2.05) is 18.2 Å². The van der Waals surface area contributed by atoms with Gasteiger partial charge < -0.3 is 15.2 Å². The van der Waals surface area contributed by atoms with E-state index in [1.54, 1.807) is 0 Å². The van der Waals surface area contributed by atoms with E-state index in [0.29, 0.717) is 11.7 Å². The molecule has 0 bridgehead atoms. The number of aryl methyl sites for hydroxylation is 2. The van der Waals surface area contributed by atoms with Crippen molar-refractivity contribution in [2.75, 3.05) is 6.54 Å². The molecule has 1 heterocycles. The maximum atomic E-state index is 12.7. The zero-order chi connectivity index (χ0) is 21.7. The second-order valence-electron chi connectivity index (χ2n) is 8.07. The van der Waals surface area contributed by atoms with Gasteiger partial charge in [-0.2, -0.15) is 0 Å². The zero-order valence-electron chi connectivity index (χ0n) is 18.3. The van der Waals surface area contributed by atoms with Gasteiger partial charge in [-0.05, 0) is 80.5 Å². The number of hydrogen-bond acceptors (Lipinski definition) is 2. The maximum absolute atomic E-state index is 12.7. The highest BCUT2D eigenvalue weighted by Crippen LogP contribution is 2.15. The SMILES string of the molecule is CC[C@H](C)NC(=S)N(CCc1ccccc1C)Cc1cc2cc(C)ccc2[nH]c1=O. The standard InChI is InChI=1S/C25H31N3OS/c1-5-19(4)26-25(30)28(13-12-20-9-7-6-8-18(20)3)16-22-15-21-14-17(2)10-11-23(21)27-24(22)29/h6-11,14-15,19H,5,12-13,16H2,1-4H3,(H,26,30)(H,27,29)/t19-/m0/s1. The number of pyridine rings is 1. The monoisotopic (exact) mass is 421 g/mol. The van der Waals surface area contributed by atoms with Crippen LogP contribution in [0.5, 0.6) is 0 Å². The highest BCUT2D eigenvalue weighted by Gasteiger charge is 2.15. The molecule has 0 saturated heterocycles. The number of nitrogens with one attached hydrogen (secondary N) is 2. The minimum absolute atomic E-state index is 0.0569. The van der Waals surface area contributed by atoms with E-state index >= 15 is 0 Å². The van der Waals surface area contributed by atoms with Gasteiger partial charge in [-0.3, -0.25) is 4.79 Å². The number of thiocarbonyl (C=S) groups is 1. The van der Waals surface area contributed by atoms with E-state index in [1.165, 1.54) is 16.7 Å². The third kappa shape index (κ3) is 5.48. The molecule has 3 rings (SSSR count). The predicted octanol–water partition coefficient (Wildman–Crippen LogP) is 4.86. The molecule has 0 saturated carbocycles. The lowest BCUT2D eigenvalue weighted by Crippen LogP contribution is -2.44. The van der Waals surface area contributed by atoms with E-state index in [0.717, 1.165) is 35.9 Å². The third-order valence-corrected chi connectivity index (χ3v) is 6.00. The molecular weight excluding hydrogens is 390 g/mol. The van der Waals surface area contributed by atoms with Crippen LogP contribution in [-0.2, 0) is 13.0 Å². The summed E-state index contributed by atoms with van der Waals surface area (Å²) in [7, 11) is 0. The molecular formula is C25H31N3OS. The third-order valence-electron chi connectivity index (χ3n) is 5.62. The number of H-pyrrole nitrogens is 1. The van der Waals surface area contributed by atoms with Crippen LogP contribution in [0.1, 0.15) is 42.5 Å². The Morgan fingerprint density at radius 2 is 1.90 bits per heavy atom. The van der Waals surface area contributed by atoms with Crippen LogP contribution < -0.4 is 10.9 Å². The quantitative estimate of drug-likeness (QED) is 0.535. The van der Waals surface area contributed by atoms with Crippen molar-refractivity contribution in [3.05, 3.63) is 81.1 Å². The summed E-state index contributed by atoms with van der Waals surface area (Å²) < 4.78 is 0. The van der Waals surface area contributed by atoms with Gasteiger partial charge in [0.15, 0.2) is 5.11 Å². The second kappa shape index (κ2) is 9.90. The van der Waals surface area contributed by atoms with Crippen LogP contribution >= 0.6 is 12.2 Å². The van der Waals surface area contributed by atoms with E-state index in [4.69, 9.17) is 12.2 Å². The number of fused-ring (bicyclic) bond motifs is 1. The highest BCUT2D eigenvalue weighted by atomic mass is 32.1. The summed E-state index contributed by atoms with van der Waals surface area (Å²) in [5, 5.41) is 5.15. The predicted molar refractivity (Wildman–Crippen MR) is 130 cm³/mol. The first kappa shape index (κ1) is 22.0. The van der Waals surface area contributed by atoms with Crippen LogP contribution in [0.3, 0.4) is 0 Å². The fourth-order valence-electron chi connectivity index (χ4n) is 3.50. The summed E-state index contributed by atoms with van der Waals surface area (Å²) in [5.41, 5.74) is 5.28. The zero-order valence-corrected chi connectivity index (χ0v) is 19.1. The molecule has 1 aromatic heterocycles. The lowest BCUT2D eigenvalue weighted by atomic mass is 10.1. The van der Waals surface area contributed by atoms with E-state index in [9.17, 15) is 4.79 Å². The molecule has 2 aromatic carbocycles. The van der Waals surface area contributed by atoms with Crippen molar-refractivity contribution in [1.29, 1.82) is 0 Å². The first-order valence-electron chi connectivity index (χ1n) is 10.6. The summed E-state index contributed by atoms with van der Waals surface area (Å²) >= 11 is 5.73.